The van der Waals surface area contributed by atoms with E-state index in [9.17, 15) is 18.0 Å². The second-order valence-electron chi connectivity index (χ2n) is 7.60. The minimum Gasteiger partial charge on any atom is -0.369 e. The molecule has 0 saturated heterocycles. The maximum atomic E-state index is 13.3. The minimum atomic E-state index is -3.92. The summed E-state index contributed by atoms with van der Waals surface area (Å²) in [4.78, 5) is 23.9. The molecule has 0 aliphatic carbocycles. The monoisotopic (exact) mass is 529 g/mol. The summed E-state index contributed by atoms with van der Waals surface area (Å²) in [6.07, 6.45) is 0.101. The molecule has 0 atom stereocenters. The molecule has 3 aromatic rings. The molecule has 9 heteroatoms. The SMILES string of the molecule is Cc1ccc(S(=O)(=O)N(CC(=O)Nc2ccc(CC(N)=O)cc2)Cc2ccc(Br)cc2)cc1. The molecule has 0 spiro atoms. The molecule has 0 aromatic heterocycles. The predicted octanol–water partition coefficient (Wildman–Crippen LogP) is 3.61. The zero-order valence-electron chi connectivity index (χ0n) is 18.0. The van der Waals surface area contributed by atoms with E-state index in [0.717, 1.165) is 25.5 Å². The smallest absolute Gasteiger partial charge is 0.243 e. The fourth-order valence-electron chi connectivity index (χ4n) is 3.15. The summed E-state index contributed by atoms with van der Waals surface area (Å²) in [5.41, 5.74) is 8.09. The number of carbonyl (C=O) groups excluding carboxylic acids is 2. The van der Waals surface area contributed by atoms with Gasteiger partial charge in [-0.15, -0.1) is 0 Å². The van der Waals surface area contributed by atoms with E-state index in [0.29, 0.717) is 5.69 Å². The molecule has 172 valence electrons. The zero-order chi connectivity index (χ0) is 24.0. The van der Waals surface area contributed by atoms with Gasteiger partial charge in [-0.3, -0.25) is 9.59 Å². The molecule has 0 saturated carbocycles. The Morgan fingerprint density at radius 3 is 2.06 bits per heavy atom. The van der Waals surface area contributed by atoms with Gasteiger partial charge in [0.05, 0.1) is 17.9 Å². The van der Waals surface area contributed by atoms with E-state index in [1.54, 1.807) is 48.5 Å². The molecular formula is C24H24BrN3O4S. The number of sulfonamides is 1. The molecule has 0 aliphatic heterocycles. The van der Waals surface area contributed by atoms with Crippen LogP contribution in [-0.4, -0.2) is 31.1 Å². The van der Waals surface area contributed by atoms with Gasteiger partial charge in [-0.1, -0.05) is 57.9 Å². The number of anilines is 1. The number of hydrogen-bond acceptors (Lipinski definition) is 4. The van der Waals surface area contributed by atoms with Crippen molar-refractivity contribution < 1.29 is 18.0 Å². The van der Waals surface area contributed by atoms with E-state index in [-0.39, 0.29) is 24.4 Å². The third kappa shape index (κ3) is 6.98. The lowest BCUT2D eigenvalue weighted by atomic mass is 10.1. The highest BCUT2D eigenvalue weighted by molar-refractivity contribution is 9.10. The third-order valence-corrected chi connectivity index (χ3v) is 7.20. The highest BCUT2D eigenvalue weighted by Gasteiger charge is 2.27. The molecule has 3 rings (SSSR count). The molecule has 3 aromatic carbocycles. The molecule has 0 unspecified atom stereocenters. The number of halogens is 1. The van der Waals surface area contributed by atoms with Gasteiger partial charge in [0.1, 0.15) is 0 Å². The fourth-order valence-corrected chi connectivity index (χ4v) is 4.80. The number of hydrogen-bond donors (Lipinski definition) is 2. The highest BCUT2D eigenvalue weighted by Crippen LogP contribution is 2.20. The Bertz CT molecular complexity index is 1230. The Balaban J connectivity index is 1.81. The molecule has 33 heavy (non-hydrogen) atoms. The first-order valence-electron chi connectivity index (χ1n) is 10.1. The highest BCUT2D eigenvalue weighted by atomic mass is 79.9. The Labute approximate surface area is 201 Å². The van der Waals surface area contributed by atoms with Crippen molar-refractivity contribution >= 4 is 43.5 Å². The van der Waals surface area contributed by atoms with E-state index in [1.807, 2.05) is 19.1 Å². The van der Waals surface area contributed by atoms with Gasteiger partial charge in [-0.2, -0.15) is 4.31 Å². The summed E-state index contributed by atoms with van der Waals surface area (Å²) in [6.45, 7) is 1.54. The van der Waals surface area contributed by atoms with Crippen molar-refractivity contribution in [3.8, 4) is 0 Å². The third-order valence-electron chi connectivity index (χ3n) is 4.87. The number of nitrogens with two attached hydrogens (primary N) is 1. The van der Waals surface area contributed by atoms with Crippen molar-refractivity contribution in [1.29, 1.82) is 0 Å². The van der Waals surface area contributed by atoms with Crippen LogP contribution in [0.15, 0.2) is 82.2 Å². The van der Waals surface area contributed by atoms with E-state index >= 15 is 0 Å². The number of nitrogens with zero attached hydrogens (tertiary/aromatic N) is 1. The molecule has 2 amide bonds. The van der Waals surface area contributed by atoms with Crippen molar-refractivity contribution in [3.05, 3.63) is 94.0 Å². The van der Waals surface area contributed by atoms with Gasteiger partial charge in [0.15, 0.2) is 0 Å². The normalized spacial score (nSPS) is 11.4. The van der Waals surface area contributed by atoms with Crippen LogP contribution >= 0.6 is 15.9 Å². The van der Waals surface area contributed by atoms with Crippen molar-refractivity contribution in [2.75, 3.05) is 11.9 Å². The second-order valence-corrected chi connectivity index (χ2v) is 10.5. The number of amides is 2. The molecule has 3 N–H and O–H groups in total. The van der Waals surface area contributed by atoms with Gasteiger partial charge in [0, 0.05) is 16.7 Å². The quantitative estimate of drug-likeness (QED) is 0.441. The lowest BCUT2D eigenvalue weighted by Gasteiger charge is -2.22. The first-order valence-corrected chi connectivity index (χ1v) is 12.3. The van der Waals surface area contributed by atoms with E-state index in [1.165, 1.54) is 12.1 Å². The standard InChI is InChI=1S/C24H24BrN3O4S/c1-17-2-12-22(13-3-17)33(31,32)28(15-19-4-8-20(25)9-5-19)16-24(30)27-21-10-6-18(7-11-21)14-23(26)29/h2-13H,14-16H2,1H3,(H2,26,29)(H,27,30). The molecule has 0 aliphatic rings. The zero-order valence-corrected chi connectivity index (χ0v) is 20.4. The number of nitrogens with one attached hydrogen (secondary N) is 1. The summed E-state index contributed by atoms with van der Waals surface area (Å²) in [7, 11) is -3.92. The summed E-state index contributed by atoms with van der Waals surface area (Å²) in [5, 5.41) is 2.71. The van der Waals surface area contributed by atoms with Crippen LogP contribution in [0.1, 0.15) is 16.7 Å². The van der Waals surface area contributed by atoms with Crippen LogP contribution in [0, 0.1) is 6.92 Å². The molecule has 0 heterocycles. The number of carbonyl (C=O) groups is 2. The first-order chi connectivity index (χ1) is 15.6. The van der Waals surface area contributed by atoms with Crippen LogP contribution < -0.4 is 11.1 Å². The fraction of sp³-hybridized carbons (Fsp3) is 0.167. The summed E-state index contributed by atoms with van der Waals surface area (Å²) in [5.74, 6) is -0.929. The lowest BCUT2D eigenvalue weighted by molar-refractivity contribution is -0.117. The van der Waals surface area contributed by atoms with Crippen molar-refractivity contribution in [3.63, 3.8) is 0 Å². The maximum absolute atomic E-state index is 13.3. The van der Waals surface area contributed by atoms with Crippen molar-refractivity contribution in [2.24, 2.45) is 5.73 Å². The minimum absolute atomic E-state index is 0.0362. The van der Waals surface area contributed by atoms with Crippen LogP contribution in [0.5, 0.6) is 0 Å². The van der Waals surface area contributed by atoms with Gasteiger partial charge in [-0.05, 0) is 54.4 Å². The number of benzene rings is 3. The first kappa shape index (κ1) is 24.6. The molecular weight excluding hydrogens is 506 g/mol. The average molecular weight is 530 g/mol. The lowest BCUT2D eigenvalue weighted by Crippen LogP contribution is -2.37. The van der Waals surface area contributed by atoms with Crippen LogP contribution in [0.2, 0.25) is 0 Å². The molecule has 0 fully saturated rings. The summed E-state index contributed by atoms with van der Waals surface area (Å²) < 4.78 is 28.7. The van der Waals surface area contributed by atoms with E-state index in [4.69, 9.17) is 5.73 Å². The number of aryl methyl sites for hydroxylation is 1. The Hall–Kier alpha value is -3.01. The number of primary amides is 1. The van der Waals surface area contributed by atoms with Gasteiger partial charge in [0.2, 0.25) is 21.8 Å². The van der Waals surface area contributed by atoms with Crippen LogP contribution in [0.25, 0.3) is 0 Å². The van der Waals surface area contributed by atoms with Crippen LogP contribution in [-0.2, 0) is 32.6 Å². The molecule has 0 bridgehead atoms. The Kier molecular flexibility index (Phi) is 8.01. The Morgan fingerprint density at radius 2 is 1.48 bits per heavy atom. The molecule has 0 radical (unpaired) electrons. The van der Waals surface area contributed by atoms with Gasteiger partial charge >= 0.3 is 0 Å². The summed E-state index contributed by atoms with van der Waals surface area (Å²) in [6, 6.07) is 20.4. The van der Waals surface area contributed by atoms with Gasteiger partial charge < -0.3 is 11.1 Å². The average Bonchev–Trinajstić information content (AvgIpc) is 2.76. The summed E-state index contributed by atoms with van der Waals surface area (Å²) >= 11 is 3.37. The number of rotatable bonds is 9. The maximum Gasteiger partial charge on any atom is 0.243 e. The molecule has 7 nitrogen and oxygen atoms in total. The van der Waals surface area contributed by atoms with Crippen LogP contribution in [0.3, 0.4) is 0 Å². The van der Waals surface area contributed by atoms with Crippen molar-refractivity contribution in [2.45, 2.75) is 24.8 Å². The van der Waals surface area contributed by atoms with Gasteiger partial charge in [0.25, 0.3) is 0 Å². The van der Waals surface area contributed by atoms with Crippen molar-refractivity contribution in [1.82, 2.24) is 4.31 Å². The second kappa shape index (κ2) is 10.7. The van der Waals surface area contributed by atoms with E-state index < -0.39 is 21.8 Å². The topological polar surface area (TPSA) is 110 Å². The Morgan fingerprint density at radius 1 is 0.909 bits per heavy atom. The largest absolute Gasteiger partial charge is 0.369 e. The van der Waals surface area contributed by atoms with Gasteiger partial charge in [-0.25, -0.2) is 8.42 Å². The van der Waals surface area contributed by atoms with E-state index in [2.05, 4.69) is 21.2 Å². The predicted molar refractivity (Wildman–Crippen MR) is 131 cm³/mol. The van der Waals surface area contributed by atoms with Crippen LogP contribution in [0.4, 0.5) is 5.69 Å².